The predicted octanol–water partition coefficient (Wildman–Crippen LogP) is 3.72. The highest BCUT2D eigenvalue weighted by molar-refractivity contribution is 5.88. The van der Waals surface area contributed by atoms with E-state index in [1.165, 1.54) is 0 Å². The Bertz CT molecular complexity index is 877. The number of methoxy groups -OCH3 is 2. The number of carbonyl (C=O) groups is 2. The van der Waals surface area contributed by atoms with Gasteiger partial charge in [-0.3, -0.25) is 9.59 Å². The lowest BCUT2D eigenvalue weighted by Gasteiger charge is -2.29. The monoisotopic (exact) mass is 442 g/mol. The van der Waals surface area contributed by atoms with Gasteiger partial charge in [-0.1, -0.05) is 37.6 Å². The van der Waals surface area contributed by atoms with E-state index in [-0.39, 0.29) is 18.4 Å². The third-order valence-corrected chi connectivity index (χ3v) is 5.29. The van der Waals surface area contributed by atoms with Crippen LogP contribution in [0.25, 0.3) is 0 Å². The molecule has 1 atom stereocenters. The number of carbonyl (C=O) groups excluding carboxylic acids is 2. The normalized spacial score (nSPS) is 11.4. The first-order valence-electron chi connectivity index (χ1n) is 10.9. The van der Waals surface area contributed by atoms with Gasteiger partial charge in [0.25, 0.3) is 5.91 Å². The molecule has 2 aromatic rings. The highest BCUT2D eigenvalue weighted by Gasteiger charge is 2.26. The maximum atomic E-state index is 13.2. The van der Waals surface area contributed by atoms with Crippen LogP contribution in [0.5, 0.6) is 17.2 Å². The molecular formula is C25H34N2O5. The third-order valence-electron chi connectivity index (χ3n) is 5.29. The van der Waals surface area contributed by atoms with Crippen molar-refractivity contribution in [3.05, 3.63) is 53.6 Å². The van der Waals surface area contributed by atoms with E-state index in [4.69, 9.17) is 14.2 Å². The molecule has 0 unspecified atom stereocenters. The van der Waals surface area contributed by atoms with E-state index in [0.717, 1.165) is 24.0 Å². The minimum absolute atomic E-state index is 0.177. The number of nitrogens with zero attached hydrogens (tertiary/aromatic N) is 1. The van der Waals surface area contributed by atoms with Gasteiger partial charge in [-0.25, -0.2) is 0 Å². The molecule has 0 aliphatic heterocycles. The van der Waals surface area contributed by atoms with Crippen LogP contribution in [0, 0.1) is 6.92 Å². The van der Waals surface area contributed by atoms with Crippen LogP contribution in [0.4, 0.5) is 0 Å². The summed E-state index contributed by atoms with van der Waals surface area (Å²) in [5, 5.41) is 2.92. The van der Waals surface area contributed by atoms with Gasteiger partial charge < -0.3 is 24.4 Å². The number of aryl methyl sites for hydroxylation is 1. The number of unbranched alkanes of at least 4 members (excludes halogenated alkanes) is 1. The zero-order chi connectivity index (χ0) is 23.5. The van der Waals surface area contributed by atoms with Gasteiger partial charge in [0.1, 0.15) is 23.3 Å². The highest BCUT2D eigenvalue weighted by Crippen LogP contribution is 2.27. The van der Waals surface area contributed by atoms with Gasteiger partial charge in [0.15, 0.2) is 6.61 Å². The van der Waals surface area contributed by atoms with E-state index in [1.807, 2.05) is 31.2 Å². The summed E-state index contributed by atoms with van der Waals surface area (Å²) in [6.45, 7) is 6.49. The molecule has 0 aromatic heterocycles. The first kappa shape index (κ1) is 25.0. The van der Waals surface area contributed by atoms with Crippen LogP contribution in [-0.4, -0.2) is 50.1 Å². The van der Waals surface area contributed by atoms with Crippen LogP contribution in [-0.2, 0) is 16.1 Å². The second-order valence-corrected chi connectivity index (χ2v) is 7.61. The summed E-state index contributed by atoms with van der Waals surface area (Å²) in [5.74, 6) is 1.11. The highest BCUT2D eigenvalue weighted by atomic mass is 16.5. The number of nitrogens with one attached hydrogen (secondary N) is 1. The Kier molecular flexibility index (Phi) is 9.85. The summed E-state index contributed by atoms with van der Waals surface area (Å²) in [4.78, 5) is 27.4. The van der Waals surface area contributed by atoms with Crippen molar-refractivity contribution in [3.63, 3.8) is 0 Å². The zero-order valence-electron chi connectivity index (χ0n) is 19.6. The van der Waals surface area contributed by atoms with Crippen LogP contribution in [0.1, 0.15) is 37.8 Å². The fraction of sp³-hybridized carbons (Fsp3) is 0.440. The van der Waals surface area contributed by atoms with Crippen molar-refractivity contribution in [2.75, 3.05) is 27.4 Å². The number of rotatable bonds is 12. The molecule has 7 heteroatoms. The number of benzene rings is 2. The molecule has 174 valence electrons. The summed E-state index contributed by atoms with van der Waals surface area (Å²) in [7, 11) is 3.10. The van der Waals surface area contributed by atoms with E-state index >= 15 is 0 Å². The van der Waals surface area contributed by atoms with Crippen molar-refractivity contribution in [2.45, 2.75) is 46.2 Å². The molecule has 2 amide bonds. The van der Waals surface area contributed by atoms with Gasteiger partial charge >= 0.3 is 0 Å². The molecule has 0 radical (unpaired) electrons. The van der Waals surface area contributed by atoms with Crippen LogP contribution in [0.2, 0.25) is 0 Å². The molecule has 0 saturated carbocycles. The molecule has 7 nitrogen and oxygen atoms in total. The minimum atomic E-state index is -0.637. The fourth-order valence-electron chi connectivity index (χ4n) is 3.18. The van der Waals surface area contributed by atoms with Crippen molar-refractivity contribution >= 4 is 11.8 Å². The second-order valence-electron chi connectivity index (χ2n) is 7.61. The van der Waals surface area contributed by atoms with E-state index < -0.39 is 6.04 Å². The summed E-state index contributed by atoms with van der Waals surface area (Å²) in [6.07, 6.45) is 1.88. The molecule has 0 fully saturated rings. The van der Waals surface area contributed by atoms with Crippen molar-refractivity contribution in [2.24, 2.45) is 0 Å². The Morgan fingerprint density at radius 2 is 1.66 bits per heavy atom. The maximum absolute atomic E-state index is 13.2. The van der Waals surface area contributed by atoms with E-state index in [0.29, 0.717) is 30.3 Å². The molecule has 0 bridgehead atoms. The average molecular weight is 443 g/mol. The standard InChI is InChI=1S/C25H34N2O5/c1-6-7-12-26-25(29)19(3)27(16-20-11-9-8-10-18(20)2)24(28)17-32-23-14-21(30-4)13-22(15-23)31-5/h8-11,13-15,19H,6-7,12,16-17H2,1-5H3,(H,26,29)/t19-/m1/s1. The summed E-state index contributed by atoms with van der Waals surface area (Å²) >= 11 is 0. The van der Waals surface area contributed by atoms with Crippen molar-refractivity contribution in [1.29, 1.82) is 0 Å². The topological polar surface area (TPSA) is 77.1 Å². The number of amides is 2. The Balaban J connectivity index is 2.17. The summed E-state index contributed by atoms with van der Waals surface area (Å²) in [6, 6.07) is 12.3. The largest absolute Gasteiger partial charge is 0.496 e. The molecule has 0 spiro atoms. The Morgan fingerprint density at radius 3 is 2.25 bits per heavy atom. The van der Waals surface area contributed by atoms with Gasteiger partial charge in [0.2, 0.25) is 5.91 Å². The Hall–Kier alpha value is -3.22. The zero-order valence-corrected chi connectivity index (χ0v) is 19.6. The summed E-state index contributed by atoms with van der Waals surface area (Å²) in [5.41, 5.74) is 2.04. The van der Waals surface area contributed by atoms with Gasteiger partial charge in [0, 0.05) is 31.3 Å². The molecule has 0 aliphatic carbocycles. The van der Waals surface area contributed by atoms with Crippen molar-refractivity contribution in [3.8, 4) is 17.2 Å². The lowest BCUT2D eigenvalue weighted by molar-refractivity contribution is -0.142. The SMILES string of the molecule is CCCCNC(=O)[C@@H](C)N(Cc1ccccc1C)C(=O)COc1cc(OC)cc(OC)c1. The third kappa shape index (κ3) is 7.18. The lowest BCUT2D eigenvalue weighted by Crippen LogP contribution is -2.49. The number of hydrogen-bond donors (Lipinski definition) is 1. The summed E-state index contributed by atoms with van der Waals surface area (Å²) < 4.78 is 16.3. The Labute approximate surface area is 190 Å². The van der Waals surface area contributed by atoms with Gasteiger partial charge in [-0.2, -0.15) is 0 Å². The fourth-order valence-corrected chi connectivity index (χ4v) is 3.18. The molecule has 2 aromatic carbocycles. The van der Waals surface area contributed by atoms with Gasteiger partial charge in [-0.05, 0) is 31.4 Å². The van der Waals surface area contributed by atoms with Crippen molar-refractivity contribution < 1.29 is 23.8 Å². The van der Waals surface area contributed by atoms with Gasteiger partial charge in [-0.15, -0.1) is 0 Å². The second kappa shape index (κ2) is 12.6. The predicted molar refractivity (Wildman–Crippen MR) is 124 cm³/mol. The number of hydrogen-bond acceptors (Lipinski definition) is 5. The maximum Gasteiger partial charge on any atom is 0.261 e. The van der Waals surface area contributed by atoms with Crippen LogP contribution >= 0.6 is 0 Å². The van der Waals surface area contributed by atoms with E-state index in [2.05, 4.69) is 12.2 Å². The molecule has 0 heterocycles. The quantitative estimate of drug-likeness (QED) is 0.507. The first-order chi connectivity index (χ1) is 15.4. The van der Waals surface area contributed by atoms with Crippen LogP contribution in [0.3, 0.4) is 0 Å². The molecular weight excluding hydrogens is 408 g/mol. The molecule has 0 saturated heterocycles. The minimum Gasteiger partial charge on any atom is -0.496 e. The first-order valence-corrected chi connectivity index (χ1v) is 10.9. The molecule has 0 aliphatic rings. The van der Waals surface area contributed by atoms with Crippen LogP contribution in [0.15, 0.2) is 42.5 Å². The van der Waals surface area contributed by atoms with Crippen LogP contribution < -0.4 is 19.5 Å². The van der Waals surface area contributed by atoms with E-state index in [1.54, 1.807) is 44.2 Å². The van der Waals surface area contributed by atoms with Crippen molar-refractivity contribution in [1.82, 2.24) is 10.2 Å². The molecule has 1 N–H and O–H groups in total. The average Bonchev–Trinajstić information content (AvgIpc) is 2.81. The number of ether oxygens (including phenoxy) is 3. The van der Waals surface area contributed by atoms with Gasteiger partial charge in [0.05, 0.1) is 14.2 Å². The smallest absolute Gasteiger partial charge is 0.261 e. The lowest BCUT2D eigenvalue weighted by atomic mass is 10.1. The Morgan fingerprint density at radius 1 is 1.03 bits per heavy atom. The molecule has 2 rings (SSSR count). The van der Waals surface area contributed by atoms with E-state index in [9.17, 15) is 9.59 Å². The molecule has 32 heavy (non-hydrogen) atoms.